The average Bonchev–Trinajstić information content (AvgIpc) is 3.16. The number of methoxy groups -OCH3 is 1. The minimum Gasteiger partial charge on any atom is -0.493 e. The molecule has 2 aromatic rings. The van der Waals surface area contributed by atoms with Gasteiger partial charge in [-0.15, -0.1) is 0 Å². The van der Waals surface area contributed by atoms with E-state index in [2.05, 4.69) is 40.3 Å². The largest absolute Gasteiger partial charge is 0.493 e. The number of halogens is 1. The van der Waals surface area contributed by atoms with Gasteiger partial charge >= 0.3 is 0 Å². The summed E-state index contributed by atoms with van der Waals surface area (Å²) in [4.78, 5) is 0. The van der Waals surface area contributed by atoms with Crippen molar-refractivity contribution in [3.05, 3.63) is 57.6 Å². The second-order valence-corrected chi connectivity index (χ2v) is 7.43. The molecule has 1 saturated heterocycles. The number of aryl methyl sites for hydroxylation is 1. The number of ether oxygens (including phenoxy) is 3. The molecule has 0 spiro atoms. The summed E-state index contributed by atoms with van der Waals surface area (Å²) in [6.45, 7) is 5.13. The van der Waals surface area contributed by atoms with Crippen molar-refractivity contribution in [2.75, 3.05) is 20.3 Å². The first-order valence-corrected chi connectivity index (χ1v) is 9.82. The van der Waals surface area contributed by atoms with Crippen LogP contribution in [0.15, 0.2) is 40.9 Å². The Morgan fingerprint density at radius 1 is 1.19 bits per heavy atom. The molecule has 0 saturated carbocycles. The molecule has 1 fully saturated rings. The summed E-state index contributed by atoms with van der Waals surface area (Å²) >= 11 is 3.66. The number of rotatable bonds is 8. The predicted molar refractivity (Wildman–Crippen MR) is 107 cm³/mol. The first kappa shape index (κ1) is 19.2. The van der Waals surface area contributed by atoms with Crippen LogP contribution in [-0.2, 0) is 17.9 Å². The summed E-state index contributed by atoms with van der Waals surface area (Å²) in [6.07, 6.45) is 2.65. The van der Waals surface area contributed by atoms with E-state index >= 15 is 0 Å². The molecule has 0 aliphatic carbocycles. The van der Waals surface area contributed by atoms with Crippen LogP contribution < -0.4 is 14.8 Å². The Morgan fingerprint density at radius 3 is 2.77 bits per heavy atom. The fourth-order valence-corrected chi connectivity index (χ4v) is 3.55. The number of nitrogens with one attached hydrogen (secondary N) is 1. The summed E-state index contributed by atoms with van der Waals surface area (Å²) in [5.74, 6) is 1.49. The van der Waals surface area contributed by atoms with E-state index in [1.807, 2.05) is 24.3 Å². The summed E-state index contributed by atoms with van der Waals surface area (Å²) in [5, 5.41) is 3.47. The van der Waals surface area contributed by atoms with Crippen molar-refractivity contribution in [2.45, 2.75) is 39.0 Å². The predicted octanol–water partition coefficient (Wildman–Crippen LogP) is 4.61. The molecule has 1 atom stereocenters. The second kappa shape index (κ2) is 9.40. The summed E-state index contributed by atoms with van der Waals surface area (Å²) < 4.78 is 18.2. The van der Waals surface area contributed by atoms with E-state index in [1.54, 1.807) is 7.11 Å². The van der Waals surface area contributed by atoms with Crippen LogP contribution in [0.5, 0.6) is 11.5 Å². The van der Waals surface area contributed by atoms with Crippen molar-refractivity contribution in [1.82, 2.24) is 5.32 Å². The molecule has 140 valence electrons. The zero-order chi connectivity index (χ0) is 18.4. The Labute approximate surface area is 164 Å². The molecule has 5 heteroatoms. The van der Waals surface area contributed by atoms with Gasteiger partial charge < -0.3 is 19.5 Å². The van der Waals surface area contributed by atoms with Crippen molar-refractivity contribution >= 4 is 15.9 Å². The van der Waals surface area contributed by atoms with Gasteiger partial charge in [-0.3, -0.25) is 0 Å². The monoisotopic (exact) mass is 419 g/mol. The van der Waals surface area contributed by atoms with Gasteiger partial charge in [0.25, 0.3) is 0 Å². The zero-order valence-corrected chi connectivity index (χ0v) is 17.0. The maximum atomic E-state index is 6.02. The van der Waals surface area contributed by atoms with E-state index in [4.69, 9.17) is 14.2 Å². The van der Waals surface area contributed by atoms with Crippen LogP contribution in [0.1, 0.15) is 29.5 Å². The molecular formula is C21H26BrNO3. The molecule has 1 unspecified atom stereocenters. The molecule has 1 N–H and O–H groups in total. The van der Waals surface area contributed by atoms with Gasteiger partial charge in [0, 0.05) is 24.2 Å². The van der Waals surface area contributed by atoms with Crippen LogP contribution in [0.4, 0.5) is 0 Å². The molecule has 0 amide bonds. The van der Waals surface area contributed by atoms with Crippen LogP contribution in [0.2, 0.25) is 0 Å². The Balaban J connectivity index is 1.63. The molecule has 4 nitrogen and oxygen atoms in total. The van der Waals surface area contributed by atoms with Gasteiger partial charge in [-0.1, -0.05) is 40.2 Å². The highest BCUT2D eigenvalue weighted by atomic mass is 79.9. The van der Waals surface area contributed by atoms with E-state index in [-0.39, 0.29) is 0 Å². The van der Waals surface area contributed by atoms with Gasteiger partial charge in [0.15, 0.2) is 11.5 Å². The highest BCUT2D eigenvalue weighted by molar-refractivity contribution is 9.10. The van der Waals surface area contributed by atoms with E-state index in [0.29, 0.717) is 12.7 Å². The Morgan fingerprint density at radius 2 is 2.04 bits per heavy atom. The third-order valence-electron chi connectivity index (χ3n) is 4.69. The third-order valence-corrected chi connectivity index (χ3v) is 5.43. The number of hydrogen-bond donors (Lipinski definition) is 1. The van der Waals surface area contributed by atoms with Crippen LogP contribution in [0, 0.1) is 6.92 Å². The van der Waals surface area contributed by atoms with Crippen LogP contribution in [0.3, 0.4) is 0 Å². The highest BCUT2D eigenvalue weighted by Crippen LogP contribution is 2.34. The average molecular weight is 420 g/mol. The van der Waals surface area contributed by atoms with Gasteiger partial charge in [-0.25, -0.2) is 0 Å². The smallest absolute Gasteiger partial charge is 0.162 e. The van der Waals surface area contributed by atoms with Gasteiger partial charge in [0.2, 0.25) is 0 Å². The maximum Gasteiger partial charge on any atom is 0.162 e. The molecule has 3 rings (SSSR count). The molecule has 0 aromatic heterocycles. The van der Waals surface area contributed by atoms with Crippen molar-refractivity contribution < 1.29 is 14.2 Å². The second-order valence-electron chi connectivity index (χ2n) is 6.58. The normalized spacial score (nSPS) is 16.7. The summed E-state index contributed by atoms with van der Waals surface area (Å²) in [5.41, 5.74) is 3.54. The fourth-order valence-electron chi connectivity index (χ4n) is 3.09. The van der Waals surface area contributed by atoms with Crippen molar-refractivity contribution in [3.8, 4) is 11.5 Å². The molecule has 0 radical (unpaired) electrons. The van der Waals surface area contributed by atoms with E-state index < -0.39 is 0 Å². The topological polar surface area (TPSA) is 39.7 Å². The lowest BCUT2D eigenvalue weighted by atomic mass is 10.1. The Bertz CT molecular complexity index is 729. The minimum atomic E-state index is 0.340. The molecule has 1 heterocycles. The lowest BCUT2D eigenvalue weighted by Crippen LogP contribution is -2.25. The summed E-state index contributed by atoms with van der Waals surface area (Å²) in [7, 11) is 1.67. The molecule has 1 aliphatic heterocycles. The van der Waals surface area contributed by atoms with Crippen LogP contribution in [-0.4, -0.2) is 26.4 Å². The number of hydrogen-bond acceptors (Lipinski definition) is 4. The Kier molecular flexibility index (Phi) is 6.94. The third kappa shape index (κ3) is 5.00. The van der Waals surface area contributed by atoms with E-state index in [0.717, 1.165) is 54.1 Å². The molecular weight excluding hydrogens is 394 g/mol. The zero-order valence-electron chi connectivity index (χ0n) is 15.4. The standard InChI is InChI=1S/C21H26BrNO3/c1-15-6-3-4-7-16(15)14-26-21-11-19(22)17(10-20(21)24-2)12-23-13-18-8-5-9-25-18/h3-4,6-7,10-11,18,23H,5,8-9,12-14H2,1-2H3. The lowest BCUT2D eigenvalue weighted by molar-refractivity contribution is 0.110. The van der Waals surface area contributed by atoms with Crippen molar-refractivity contribution in [2.24, 2.45) is 0 Å². The molecule has 2 aromatic carbocycles. The number of benzene rings is 2. The van der Waals surface area contributed by atoms with E-state index in [9.17, 15) is 0 Å². The molecule has 0 bridgehead atoms. The van der Waals surface area contributed by atoms with Crippen LogP contribution >= 0.6 is 15.9 Å². The van der Waals surface area contributed by atoms with Gasteiger partial charge in [0.1, 0.15) is 6.61 Å². The van der Waals surface area contributed by atoms with Crippen LogP contribution in [0.25, 0.3) is 0 Å². The lowest BCUT2D eigenvalue weighted by Gasteiger charge is -2.16. The quantitative estimate of drug-likeness (QED) is 0.677. The first-order chi connectivity index (χ1) is 12.7. The van der Waals surface area contributed by atoms with Crippen molar-refractivity contribution in [3.63, 3.8) is 0 Å². The van der Waals surface area contributed by atoms with Crippen molar-refractivity contribution in [1.29, 1.82) is 0 Å². The fraction of sp³-hybridized carbons (Fsp3) is 0.429. The SMILES string of the molecule is COc1cc(CNCC2CCCO2)c(Br)cc1OCc1ccccc1C. The van der Waals surface area contributed by atoms with Gasteiger partial charge in [-0.05, 0) is 48.6 Å². The van der Waals surface area contributed by atoms with E-state index in [1.165, 1.54) is 11.1 Å². The first-order valence-electron chi connectivity index (χ1n) is 9.03. The maximum absolute atomic E-state index is 6.02. The Hall–Kier alpha value is -1.56. The molecule has 1 aliphatic rings. The van der Waals surface area contributed by atoms with Gasteiger partial charge in [0.05, 0.1) is 13.2 Å². The molecule has 26 heavy (non-hydrogen) atoms. The highest BCUT2D eigenvalue weighted by Gasteiger charge is 2.15. The van der Waals surface area contributed by atoms with Gasteiger partial charge in [-0.2, -0.15) is 0 Å². The minimum absolute atomic E-state index is 0.340. The summed E-state index contributed by atoms with van der Waals surface area (Å²) in [6, 6.07) is 12.3.